The van der Waals surface area contributed by atoms with Crippen molar-refractivity contribution in [1.29, 1.82) is 0 Å². The van der Waals surface area contributed by atoms with E-state index in [2.05, 4.69) is 5.16 Å². The zero-order valence-electron chi connectivity index (χ0n) is 19.2. The average molecular weight is 461 g/mol. The largest absolute Gasteiger partial charge is 0.544 e. The van der Waals surface area contributed by atoms with Crippen molar-refractivity contribution >= 4 is 5.78 Å². The number of benzene rings is 3. The third-order valence-corrected chi connectivity index (χ3v) is 6.28. The molecule has 5 nitrogen and oxygen atoms in total. The molecule has 5 heteroatoms. The van der Waals surface area contributed by atoms with Crippen molar-refractivity contribution in [2.24, 2.45) is 0 Å². The molecule has 0 bridgehead atoms. The number of ketones is 1. The highest BCUT2D eigenvalue weighted by Gasteiger charge is 2.42. The van der Waals surface area contributed by atoms with E-state index in [1.165, 1.54) is 0 Å². The maximum atomic E-state index is 14.2. The number of aromatic nitrogens is 2. The van der Waals surface area contributed by atoms with Crippen LogP contribution in [0.5, 0.6) is 5.95 Å². The van der Waals surface area contributed by atoms with Gasteiger partial charge in [0.15, 0.2) is 12.4 Å². The van der Waals surface area contributed by atoms with Crippen LogP contribution in [-0.2, 0) is 0 Å². The quantitative estimate of drug-likeness (QED) is 0.245. The highest BCUT2D eigenvalue weighted by Crippen LogP contribution is 2.44. The Labute approximate surface area is 203 Å². The summed E-state index contributed by atoms with van der Waals surface area (Å²) in [6.07, 6.45) is 3.72. The maximum Gasteiger partial charge on any atom is 0.231 e. The second-order valence-electron chi connectivity index (χ2n) is 8.43. The first kappa shape index (κ1) is 22.3. The van der Waals surface area contributed by atoms with E-state index in [-0.39, 0.29) is 5.78 Å². The van der Waals surface area contributed by atoms with E-state index < -0.39 is 17.9 Å². The molecule has 2 unspecified atom stereocenters. The molecule has 3 aromatic carbocycles. The molecule has 0 spiro atoms. The summed E-state index contributed by atoms with van der Waals surface area (Å²) in [5, 5.41) is 17.4. The summed E-state index contributed by atoms with van der Waals surface area (Å²) in [5.74, 6) is -1.28. The lowest BCUT2D eigenvalue weighted by Gasteiger charge is -2.26. The summed E-state index contributed by atoms with van der Waals surface area (Å²) in [5.41, 5.74) is 3.99. The second kappa shape index (κ2) is 9.77. The van der Waals surface area contributed by atoms with Gasteiger partial charge in [-0.3, -0.25) is 4.79 Å². The lowest BCUT2D eigenvalue weighted by atomic mass is 9.79. The van der Waals surface area contributed by atoms with Gasteiger partial charge in [-0.05, 0) is 18.1 Å². The first-order valence-corrected chi connectivity index (χ1v) is 11.5. The van der Waals surface area contributed by atoms with Crippen LogP contribution in [0.3, 0.4) is 0 Å². The zero-order valence-corrected chi connectivity index (χ0v) is 19.2. The highest BCUT2D eigenvalue weighted by atomic mass is 16.5. The normalized spacial score (nSPS) is 12.7. The van der Waals surface area contributed by atoms with Crippen molar-refractivity contribution in [2.45, 2.75) is 18.9 Å². The molecule has 0 radical (unpaired) electrons. The second-order valence-corrected chi connectivity index (χ2v) is 8.43. The molecule has 2 heterocycles. The highest BCUT2D eigenvalue weighted by molar-refractivity contribution is 5.99. The fourth-order valence-electron chi connectivity index (χ4n) is 4.61. The third-order valence-electron chi connectivity index (χ3n) is 6.28. The smallest absolute Gasteiger partial charge is 0.231 e. The molecule has 0 N–H and O–H groups in total. The lowest BCUT2D eigenvalue weighted by Crippen LogP contribution is -2.47. The molecule has 0 amide bonds. The maximum absolute atomic E-state index is 14.2. The number of hydrogen-bond donors (Lipinski definition) is 0. The molecule has 2 atom stereocenters. The van der Waals surface area contributed by atoms with E-state index >= 15 is 0 Å². The molecular formula is C30H24N2O3. The van der Waals surface area contributed by atoms with Gasteiger partial charge in [0.25, 0.3) is 0 Å². The molecule has 0 aliphatic rings. The van der Waals surface area contributed by atoms with Crippen LogP contribution in [0.25, 0.3) is 11.3 Å². The number of carbonyl (C=O) groups is 1. The van der Waals surface area contributed by atoms with Gasteiger partial charge in [-0.15, -0.1) is 0 Å². The number of hydrogen-bond acceptors (Lipinski definition) is 4. The summed E-state index contributed by atoms with van der Waals surface area (Å²) in [4.78, 5) is 14.2. The lowest BCUT2D eigenvalue weighted by molar-refractivity contribution is -0.710. The van der Waals surface area contributed by atoms with Gasteiger partial charge in [0.05, 0.1) is 17.6 Å². The van der Waals surface area contributed by atoms with Crippen LogP contribution in [-0.4, -0.2) is 10.9 Å². The van der Waals surface area contributed by atoms with Gasteiger partial charge >= 0.3 is 0 Å². The van der Waals surface area contributed by atoms with Gasteiger partial charge in [0.1, 0.15) is 0 Å². The zero-order chi connectivity index (χ0) is 24.2. The van der Waals surface area contributed by atoms with Crippen LogP contribution in [0, 0.1) is 6.92 Å². The Morgan fingerprint density at radius 1 is 0.829 bits per heavy atom. The average Bonchev–Trinajstić information content (AvgIpc) is 3.30. The number of carbonyl (C=O) groups excluding carboxylic acids is 1. The van der Waals surface area contributed by atoms with Crippen LogP contribution >= 0.6 is 0 Å². The molecule has 0 saturated carbocycles. The molecule has 0 fully saturated rings. The summed E-state index contributed by atoms with van der Waals surface area (Å²) in [7, 11) is 0. The Kier molecular flexibility index (Phi) is 6.22. The SMILES string of the molecule is Cc1ccccc1C(c1c(-c2ccccc2)noc1[O-])C(C(=O)c1ccccc1)[n+]1ccccc1. The van der Waals surface area contributed by atoms with E-state index in [0.29, 0.717) is 16.8 Å². The van der Waals surface area contributed by atoms with Gasteiger partial charge in [-0.2, -0.15) is 9.72 Å². The van der Waals surface area contributed by atoms with E-state index in [1.807, 2.05) is 115 Å². The Hall–Kier alpha value is -4.51. The molecule has 172 valence electrons. The topological polar surface area (TPSA) is 70.0 Å². The molecule has 35 heavy (non-hydrogen) atoms. The predicted octanol–water partition coefficient (Wildman–Crippen LogP) is 5.27. The Balaban J connectivity index is 1.80. The number of pyridine rings is 1. The molecule has 5 aromatic rings. The third kappa shape index (κ3) is 4.36. The number of aryl methyl sites for hydroxylation is 1. The molecule has 0 aliphatic carbocycles. The molecule has 0 aliphatic heterocycles. The first-order valence-electron chi connectivity index (χ1n) is 11.5. The fourth-order valence-corrected chi connectivity index (χ4v) is 4.61. The van der Waals surface area contributed by atoms with Crippen molar-refractivity contribution in [3.63, 3.8) is 0 Å². The predicted molar refractivity (Wildman–Crippen MR) is 131 cm³/mol. The van der Waals surface area contributed by atoms with Crippen molar-refractivity contribution in [3.8, 4) is 17.2 Å². The van der Waals surface area contributed by atoms with E-state index in [9.17, 15) is 9.90 Å². The van der Waals surface area contributed by atoms with Gasteiger partial charge < -0.3 is 9.63 Å². The standard InChI is InChI=1S/C30H24N2O3/c1-21-13-9-10-18-24(21)25(26-27(31-35-30(26)34)22-14-5-2-6-15-22)28(32-19-11-4-12-20-32)29(33)23-16-7-3-8-17-23/h2-20,25,28H,1H3. The van der Waals surface area contributed by atoms with Crippen LogP contribution in [0.2, 0.25) is 0 Å². The van der Waals surface area contributed by atoms with Crippen molar-refractivity contribution in [2.75, 3.05) is 0 Å². The summed E-state index contributed by atoms with van der Waals surface area (Å²) in [6, 6.07) is 31.4. The van der Waals surface area contributed by atoms with E-state index in [4.69, 9.17) is 4.52 Å². The molecule has 0 saturated heterocycles. The number of nitrogens with zero attached hydrogens (tertiary/aromatic N) is 2. The van der Waals surface area contributed by atoms with Crippen LogP contribution < -0.4 is 9.67 Å². The van der Waals surface area contributed by atoms with Gasteiger partial charge in [-0.25, -0.2) is 0 Å². The number of rotatable bonds is 7. The molecule has 5 rings (SSSR count). The summed E-state index contributed by atoms with van der Waals surface area (Å²) < 4.78 is 7.11. The Bertz CT molecular complexity index is 1430. The molecular weight excluding hydrogens is 436 g/mol. The molecule has 2 aromatic heterocycles. The van der Waals surface area contributed by atoms with Crippen molar-refractivity contribution in [1.82, 2.24) is 5.16 Å². The van der Waals surface area contributed by atoms with E-state index in [0.717, 1.165) is 16.7 Å². The first-order chi connectivity index (χ1) is 17.1. The summed E-state index contributed by atoms with van der Waals surface area (Å²) in [6.45, 7) is 1.99. The van der Waals surface area contributed by atoms with Crippen LogP contribution in [0.1, 0.15) is 39.0 Å². The minimum atomic E-state index is -0.741. The Morgan fingerprint density at radius 3 is 2.11 bits per heavy atom. The minimum absolute atomic E-state index is 0.102. The van der Waals surface area contributed by atoms with Crippen molar-refractivity contribution in [3.05, 3.63) is 138 Å². The summed E-state index contributed by atoms with van der Waals surface area (Å²) >= 11 is 0. The van der Waals surface area contributed by atoms with E-state index in [1.54, 1.807) is 12.1 Å². The van der Waals surface area contributed by atoms with Crippen LogP contribution in [0.15, 0.2) is 120 Å². The fraction of sp³-hybridized carbons (Fsp3) is 0.100. The van der Waals surface area contributed by atoms with Crippen LogP contribution in [0.4, 0.5) is 0 Å². The van der Waals surface area contributed by atoms with Gasteiger partial charge in [0, 0.05) is 28.8 Å². The van der Waals surface area contributed by atoms with Gasteiger partial charge in [-0.1, -0.05) is 91.0 Å². The van der Waals surface area contributed by atoms with Gasteiger partial charge in [0.2, 0.25) is 11.8 Å². The number of Topliss-reactive ketones (excluding diaryl/α,β-unsaturated/α-hetero) is 1. The Morgan fingerprint density at radius 2 is 1.43 bits per heavy atom. The van der Waals surface area contributed by atoms with Crippen molar-refractivity contribution < 1.29 is 19.0 Å². The minimum Gasteiger partial charge on any atom is -0.544 e. The monoisotopic (exact) mass is 460 g/mol.